The van der Waals surface area contributed by atoms with Crippen LogP contribution in [-0.4, -0.2) is 29.7 Å². The van der Waals surface area contributed by atoms with E-state index in [9.17, 15) is 0 Å². The number of hydrogen-bond acceptors (Lipinski definition) is 5. The number of thiophene rings is 1. The lowest BCUT2D eigenvalue weighted by atomic mass is 9.98. The first kappa shape index (κ1) is 18.2. The van der Waals surface area contributed by atoms with E-state index < -0.39 is 0 Å². The van der Waals surface area contributed by atoms with Crippen LogP contribution in [0.5, 0.6) is 5.75 Å². The molecule has 5 heteroatoms. The second kappa shape index (κ2) is 7.47. The average molecular weight is 382 g/mol. The molecule has 0 spiro atoms. The summed E-state index contributed by atoms with van der Waals surface area (Å²) in [6, 6.07) is 8.42. The van der Waals surface area contributed by atoms with E-state index in [0.29, 0.717) is 6.61 Å². The Morgan fingerprint density at radius 1 is 1.11 bits per heavy atom. The van der Waals surface area contributed by atoms with E-state index in [1.165, 1.54) is 34.2 Å². The Hall–Kier alpha value is -2.14. The number of ether oxygens (including phenoxy) is 1. The van der Waals surface area contributed by atoms with Crippen molar-refractivity contribution in [2.45, 2.75) is 40.5 Å². The normalized spacial score (nSPS) is 15.5. The van der Waals surface area contributed by atoms with E-state index in [4.69, 9.17) is 14.7 Å². The monoisotopic (exact) mass is 381 g/mol. The van der Waals surface area contributed by atoms with Gasteiger partial charge in [-0.3, -0.25) is 0 Å². The van der Waals surface area contributed by atoms with Gasteiger partial charge in [-0.05, 0) is 57.2 Å². The van der Waals surface area contributed by atoms with Crippen molar-refractivity contribution in [1.82, 2.24) is 9.97 Å². The second-order valence-corrected chi connectivity index (χ2v) is 8.64. The number of nitrogens with zero attached hydrogens (tertiary/aromatic N) is 3. The predicted octanol–water partition coefficient (Wildman–Crippen LogP) is 5.61. The summed E-state index contributed by atoms with van der Waals surface area (Å²) in [6.45, 7) is 11.4. The van der Waals surface area contributed by atoms with Crippen molar-refractivity contribution in [1.29, 1.82) is 0 Å². The minimum absolute atomic E-state index is 0.685. The molecule has 4 rings (SSSR count). The van der Waals surface area contributed by atoms with Gasteiger partial charge in [0.05, 0.1) is 12.0 Å². The molecule has 1 aliphatic rings. The molecule has 3 aromatic rings. The molecular formula is C22H27N3OS. The number of benzene rings is 1. The van der Waals surface area contributed by atoms with Gasteiger partial charge in [0.2, 0.25) is 0 Å². The lowest BCUT2D eigenvalue weighted by Crippen LogP contribution is -2.33. The van der Waals surface area contributed by atoms with E-state index in [2.05, 4.69) is 43.0 Å². The molecule has 0 bridgehead atoms. The first-order valence-electron chi connectivity index (χ1n) is 9.82. The Kier molecular flexibility index (Phi) is 5.04. The summed E-state index contributed by atoms with van der Waals surface area (Å²) < 4.78 is 5.61. The van der Waals surface area contributed by atoms with Crippen LogP contribution in [0.1, 0.15) is 37.4 Å². The maximum atomic E-state index is 5.61. The number of hydrogen-bond donors (Lipinski definition) is 0. The van der Waals surface area contributed by atoms with Gasteiger partial charge < -0.3 is 9.64 Å². The Balaban J connectivity index is 1.84. The maximum Gasteiger partial charge on any atom is 0.141 e. The molecule has 142 valence electrons. The van der Waals surface area contributed by atoms with Crippen molar-refractivity contribution < 1.29 is 4.74 Å². The molecule has 2 aromatic heterocycles. The standard InChI is InChI=1S/C22H27N3OS/c1-5-26-18-8-6-17(7-9-18)19-15(3)27-22-20(19)21(23-16(4)24-22)25-12-10-14(2)11-13-25/h6-9,14H,5,10-13H2,1-4H3. The van der Waals surface area contributed by atoms with Gasteiger partial charge in [-0.15, -0.1) is 11.3 Å². The van der Waals surface area contributed by atoms with Gasteiger partial charge in [-0.25, -0.2) is 9.97 Å². The molecule has 0 atom stereocenters. The largest absolute Gasteiger partial charge is 0.494 e. The van der Waals surface area contributed by atoms with Crippen LogP contribution in [0.4, 0.5) is 5.82 Å². The highest BCUT2D eigenvalue weighted by molar-refractivity contribution is 7.19. The van der Waals surface area contributed by atoms with Crippen LogP contribution in [0.25, 0.3) is 21.3 Å². The van der Waals surface area contributed by atoms with Crippen molar-refractivity contribution >= 4 is 27.4 Å². The molecule has 0 saturated carbocycles. The van der Waals surface area contributed by atoms with Crippen molar-refractivity contribution in [3.8, 4) is 16.9 Å². The van der Waals surface area contributed by atoms with E-state index >= 15 is 0 Å². The van der Waals surface area contributed by atoms with Gasteiger partial charge in [0.1, 0.15) is 22.2 Å². The third-order valence-corrected chi connectivity index (χ3v) is 6.36. The molecule has 1 saturated heterocycles. The van der Waals surface area contributed by atoms with Crippen LogP contribution in [0.15, 0.2) is 24.3 Å². The zero-order valence-corrected chi connectivity index (χ0v) is 17.4. The van der Waals surface area contributed by atoms with E-state index in [1.54, 1.807) is 11.3 Å². The van der Waals surface area contributed by atoms with E-state index in [-0.39, 0.29) is 0 Å². The molecule has 0 aliphatic carbocycles. The summed E-state index contributed by atoms with van der Waals surface area (Å²) in [6.07, 6.45) is 2.46. The fourth-order valence-electron chi connectivity index (χ4n) is 3.88. The summed E-state index contributed by atoms with van der Waals surface area (Å²) in [5, 5.41) is 1.21. The minimum Gasteiger partial charge on any atom is -0.494 e. The molecular weight excluding hydrogens is 354 g/mol. The quantitative estimate of drug-likeness (QED) is 0.589. The van der Waals surface area contributed by atoms with Gasteiger partial charge in [0, 0.05) is 23.5 Å². The van der Waals surface area contributed by atoms with Crippen molar-refractivity contribution in [2.24, 2.45) is 5.92 Å². The highest BCUT2D eigenvalue weighted by Crippen LogP contribution is 2.42. The number of fused-ring (bicyclic) bond motifs is 1. The SMILES string of the molecule is CCOc1ccc(-c2c(C)sc3nc(C)nc(N4CCC(C)CC4)c23)cc1. The molecule has 1 aromatic carbocycles. The molecule has 27 heavy (non-hydrogen) atoms. The van der Waals surface area contributed by atoms with Crippen molar-refractivity contribution in [3.05, 3.63) is 35.0 Å². The van der Waals surface area contributed by atoms with Crippen LogP contribution in [0.2, 0.25) is 0 Å². The van der Waals surface area contributed by atoms with Crippen LogP contribution >= 0.6 is 11.3 Å². The fraction of sp³-hybridized carbons (Fsp3) is 0.455. The zero-order chi connectivity index (χ0) is 19.0. The number of anilines is 1. The Morgan fingerprint density at radius 3 is 2.48 bits per heavy atom. The zero-order valence-electron chi connectivity index (χ0n) is 16.6. The van der Waals surface area contributed by atoms with Crippen molar-refractivity contribution in [3.63, 3.8) is 0 Å². The Labute approximate surface area is 165 Å². The molecule has 1 fully saturated rings. The Bertz CT molecular complexity index is 940. The van der Waals surface area contributed by atoms with Gasteiger partial charge in [-0.1, -0.05) is 19.1 Å². The smallest absolute Gasteiger partial charge is 0.141 e. The van der Waals surface area contributed by atoms with Crippen LogP contribution < -0.4 is 9.64 Å². The first-order valence-corrected chi connectivity index (χ1v) is 10.6. The first-order chi connectivity index (χ1) is 13.1. The Morgan fingerprint density at radius 2 is 1.81 bits per heavy atom. The molecule has 4 nitrogen and oxygen atoms in total. The molecule has 0 unspecified atom stereocenters. The average Bonchev–Trinajstić information content (AvgIpc) is 2.98. The highest BCUT2D eigenvalue weighted by atomic mass is 32.1. The topological polar surface area (TPSA) is 38.3 Å². The second-order valence-electron chi connectivity index (χ2n) is 7.43. The van der Waals surface area contributed by atoms with Gasteiger partial charge in [0.15, 0.2) is 0 Å². The summed E-state index contributed by atoms with van der Waals surface area (Å²) >= 11 is 1.77. The van der Waals surface area contributed by atoms with Gasteiger partial charge >= 0.3 is 0 Å². The van der Waals surface area contributed by atoms with Gasteiger partial charge in [0.25, 0.3) is 0 Å². The number of piperidine rings is 1. The van der Waals surface area contributed by atoms with E-state index in [0.717, 1.165) is 41.2 Å². The molecule has 1 aliphatic heterocycles. The van der Waals surface area contributed by atoms with Crippen LogP contribution in [0.3, 0.4) is 0 Å². The fourth-order valence-corrected chi connectivity index (χ4v) is 4.96. The molecule has 0 amide bonds. The van der Waals surface area contributed by atoms with Crippen LogP contribution in [0, 0.1) is 19.8 Å². The van der Waals surface area contributed by atoms with Gasteiger partial charge in [-0.2, -0.15) is 0 Å². The maximum absolute atomic E-state index is 5.61. The minimum atomic E-state index is 0.685. The summed E-state index contributed by atoms with van der Waals surface area (Å²) in [4.78, 5) is 14.5. The molecule has 0 radical (unpaired) electrons. The van der Waals surface area contributed by atoms with Crippen LogP contribution in [-0.2, 0) is 0 Å². The third kappa shape index (κ3) is 3.53. The molecule has 3 heterocycles. The van der Waals surface area contributed by atoms with E-state index in [1.807, 2.05) is 13.8 Å². The third-order valence-electron chi connectivity index (χ3n) is 5.36. The summed E-state index contributed by atoms with van der Waals surface area (Å²) in [7, 11) is 0. The number of aromatic nitrogens is 2. The summed E-state index contributed by atoms with van der Waals surface area (Å²) in [5.41, 5.74) is 2.48. The number of aryl methyl sites for hydroxylation is 2. The highest BCUT2D eigenvalue weighted by Gasteiger charge is 2.24. The lowest BCUT2D eigenvalue weighted by Gasteiger charge is -2.32. The number of rotatable bonds is 4. The molecule has 0 N–H and O–H groups in total. The van der Waals surface area contributed by atoms with Crippen molar-refractivity contribution in [2.75, 3.05) is 24.6 Å². The lowest BCUT2D eigenvalue weighted by molar-refractivity contribution is 0.340. The predicted molar refractivity (Wildman–Crippen MR) is 114 cm³/mol. The summed E-state index contributed by atoms with van der Waals surface area (Å²) in [5.74, 6) is 3.68.